The Morgan fingerprint density at radius 2 is 2.22 bits per heavy atom. The Morgan fingerprint density at radius 1 is 1.33 bits per heavy atom. The SMILES string of the molecule is Cc1ccc(C(=O)N2C[C@@H](C(=O)NCc3ccco3)C[C@H]3OCC[C@H]32)cn1. The lowest BCUT2D eigenvalue weighted by atomic mass is 9.89. The minimum Gasteiger partial charge on any atom is -0.467 e. The quantitative estimate of drug-likeness (QED) is 0.890. The van der Waals surface area contributed by atoms with Crippen molar-refractivity contribution in [3.05, 3.63) is 53.7 Å². The van der Waals surface area contributed by atoms with E-state index in [1.165, 1.54) is 0 Å². The molecule has 0 aliphatic carbocycles. The van der Waals surface area contributed by atoms with Gasteiger partial charge in [-0.15, -0.1) is 0 Å². The van der Waals surface area contributed by atoms with Gasteiger partial charge in [-0.1, -0.05) is 0 Å². The number of aromatic nitrogens is 1. The first-order valence-corrected chi connectivity index (χ1v) is 9.27. The van der Waals surface area contributed by atoms with Crippen LogP contribution < -0.4 is 5.32 Å². The standard InChI is InChI=1S/C20H23N3O4/c1-13-4-5-14(10-21-13)20(25)23-12-15(9-18-17(23)6-8-27-18)19(24)22-11-16-3-2-7-26-16/h2-5,7,10,15,17-18H,6,8-9,11-12H2,1H3,(H,22,24)/t15-,17+,18+/m0/s1. The van der Waals surface area contributed by atoms with Gasteiger partial charge in [0.25, 0.3) is 5.91 Å². The van der Waals surface area contributed by atoms with Crippen molar-refractivity contribution in [2.24, 2.45) is 5.92 Å². The third kappa shape index (κ3) is 3.73. The topological polar surface area (TPSA) is 84.7 Å². The molecule has 2 aliphatic heterocycles. The second kappa shape index (κ2) is 7.52. The second-order valence-corrected chi connectivity index (χ2v) is 7.14. The number of nitrogens with zero attached hydrogens (tertiary/aromatic N) is 2. The van der Waals surface area contributed by atoms with E-state index < -0.39 is 0 Å². The van der Waals surface area contributed by atoms with Gasteiger partial charge in [-0.2, -0.15) is 0 Å². The molecule has 2 aliphatic rings. The summed E-state index contributed by atoms with van der Waals surface area (Å²) in [5, 5.41) is 2.90. The minimum atomic E-state index is -0.304. The van der Waals surface area contributed by atoms with E-state index in [1.54, 1.807) is 29.5 Å². The van der Waals surface area contributed by atoms with Gasteiger partial charge >= 0.3 is 0 Å². The maximum atomic E-state index is 13.1. The van der Waals surface area contributed by atoms with Crippen molar-refractivity contribution in [1.82, 2.24) is 15.2 Å². The van der Waals surface area contributed by atoms with Gasteiger partial charge in [-0.25, -0.2) is 0 Å². The van der Waals surface area contributed by atoms with Crippen LogP contribution in [0, 0.1) is 12.8 Å². The van der Waals surface area contributed by atoms with Crippen LogP contribution in [0.3, 0.4) is 0 Å². The minimum absolute atomic E-state index is 0.0212. The summed E-state index contributed by atoms with van der Waals surface area (Å²) in [6, 6.07) is 7.24. The molecule has 0 radical (unpaired) electrons. The van der Waals surface area contributed by atoms with E-state index in [-0.39, 0.29) is 29.9 Å². The largest absolute Gasteiger partial charge is 0.467 e. The predicted octanol–water partition coefficient (Wildman–Crippen LogP) is 1.92. The lowest BCUT2D eigenvalue weighted by Gasteiger charge is -2.40. The van der Waals surface area contributed by atoms with Gasteiger partial charge in [0.2, 0.25) is 5.91 Å². The van der Waals surface area contributed by atoms with E-state index in [2.05, 4.69) is 10.3 Å². The maximum absolute atomic E-state index is 13.1. The Bertz CT molecular complexity index is 803. The van der Waals surface area contributed by atoms with Gasteiger partial charge in [0.05, 0.1) is 36.4 Å². The molecule has 2 fully saturated rings. The summed E-state index contributed by atoms with van der Waals surface area (Å²) < 4.78 is 11.1. The number of furan rings is 1. The molecule has 0 spiro atoms. The van der Waals surface area contributed by atoms with Crippen molar-refractivity contribution in [2.75, 3.05) is 13.2 Å². The number of likely N-dealkylation sites (tertiary alicyclic amines) is 1. The molecule has 0 saturated carbocycles. The zero-order chi connectivity index (χ0) is 18.8. The van der Waals surface area contributed by atoms with Crippen molar-refractivity contribution in [1.29, 1.82) is 0 Å². The maximum Gasteiger partial charge on any atom is 0.255 e. The summed E-state index contributed by atoms with van der Waals surface area (Å²) in [4.78, 5) is 31.7. The highest BCUT2D eigenvalue weighted by Gasteiger charge is 2.44. The molecule has 7 heteroatoms. The highest BCUT2D eigenvalue weighted by molar-refractivity contribution is 5.94. The molecule has 7 nitrogen and oxygen atoms in total. The van der Waals surface area contributed by atoms with E-state index in [1.807, 2.05) is 19.1 Å². The molecule has 0 bridgehead atoms. The third-order valence-corrected chi connectivity index (χ3v) is 5.32. The number of ether oxygens (including phenoxy) is 1. The molecule has 2 amide bonds. The zero-order valence-corrected chi connectivity index (χ0v) is 15.3. The van der Waals surface area contributed by atoms with Gasteiger partial charge < -0.3 is 19.4 Å². The molecule has 0 aromatic carbocycles. The van der Waals surface area contributed by atoms with Gasteiger partial charge in [-0.3, -0.25) is 14.6 Å². The summed E-state index contributed by atoms with van der Waals surface area (Å²) in [5.41, 5.74) is 1.41. The molecule has 4 heterocycles. The van der Waals surface area contributed by atoms with E-state index in [0.29, 0.717) is 37.4 Å². The van der Waals surface area contributed by atoms with Crippen molar-refractivity contribution in [3.63, 3.8) is 0 Å². The number of nitrogens with one attached hydrogen (secondary N) is 1. The lowest BCUT2D eigenvalue weighted by molar-refractivity contribution is -0.129. The smallest absolute Gasteiger partial charge is 0.255 e. The molecule has 2 saturated heterocycles. The van der Waals surface area contributed by atoms with Crippen LogP contribution in [0.25, 0.3) is 0 Å². The fourth-order valence-electron chi connectivity index (χ4n) is 3.86. The van der Waals surface area contributed by atoms with E-state index in [0.717, 1.165) is 12.1 Å². The van der Waals surface area contributed by atoms with Crippen molar-refractivity contribution >= 4 is 11.8 Å². The lowest BCUT2D eigenvalue weighted by Crippen LogP contribution is -2.55. The van der Waals surface area contributed by atoms with Crippen LogP contribution in [0.4, 0.5) is 0 Å². The van der Waals surface area contributed by atoms with Crippen LogP contribution in [-0.4, -0.2) is 47.0 Å². The first-order chi connectivity index (χ1) is 13.1. The Labute approximate surface area is 157 Å². The van der Waals surface area contributed by atoms with E-state index in [9.17, 15) is 9.59 Å². The van der Waals surface area contributed by atoms with Crippen LogP contribution in [0.2, 0.25) is 0 Å². The van der Waals surface area contributed by atoms with Crippen LogP contribution in [-0.2, 0) is 16.1 Å². The molecular weight excluding hydrogens is 346 g/mol. The van der Waals surface area contributed by atoms with Gasteiger partial charge in [-0.05, 0) is 44.0 Å². The number of pyridine rings is 1. The third-order valence-electron chi connectivity index (χ3n) is 5.32. The monoisotopic (exact) mass is 369 g/mol. The highest BCUT2D eigenvalue weighted by atomic mass is 16.5. The fourth-order valence-corrected chi connectivity index (χ4v) is 3.86. The summed E-state index contributed by atoms with van der Waals surface area (Å²) in [7, 11) is 0. The molecule has 1 N–H and O–H groups in total. The number of hydrogen-bond acceptors (Lipinski definition) is 5. The molecule has 0 unspecified atom stereocenters. The Morgan fingerprint density at radius 3 is 2.96 bits per heavy atom. The average Bonchev–Trinajstić information content (AvgIpc) is 3.36. The Balaban J connectivity index is 1.47. The van der Waals surface area contributed by atoms with Crippen molar-refractivity contribution in [3.8, 4) is 0 Å². The van der Waals surface area contributed by atoms with Crippen LogP contribution in [0.5, 0.6) is 0 Å². The van der Waals surface area contributed by atoms with Crippen molar-refractivity contribution in [2.45, 2.75) is 38.5 Å². The normalized spacial score (nSPS) is 24.5. The Hall–Kier alpha value is -2.67. The van der Waals surface area contributed by atoms with Gasteiger partial charge in [0.15, 0.2) is 0 Å². The van der Waals surface area contributed by atoms with Crippen molar-refractivity contribution < 1.29 is 18.7 Å². The number of amides is 2. The zero-order valence-electron chi connectivity index (χ0n) is 15.3. The van der Waals surface area contributed by atoms with Gasteiger partial charge in [0, 0.05) is 25.0 Å². The average molecular weight is 369 g/mol. The fraction of sp³-hybridized carbons (Fsp3) is 0.450. The van der Waals surface area contributed by atoms with E-state index in [4.69, 9.17) is 9.15 Å². The number of fused-ring (bicyclic) bond motifs is 1. The highest BCUT2D eigenvalue weighted by Crippen LogP contribution is 2.32. The molecule has 4 rings (SSSR count). The summed E-state index contributed by atoms with van der Waals surface area (Å²) in [6.07, 6.45) is 4.51. The van der Waals surface area contributed by atoms with Crippen LogP contribution in [0.1, 0.15) is 34.7 Å². The van der Waals surface area contributed by atoms with Crippen LogP contribution >= 0.6 is 0 Å². The first-order valence-electron chi connectivity index (χ1n) is 9.27. The summed E-state index contributed by atoms with van der Waals surface area (Å²) in [5.74, 6) is 0.223. The second-order valence-electron chi connectivity index (χ2n) is 7.14. The van der Waals surface area contributed by atoms with Gasteiger partial charge in [0.1, 0.15) is 5.76 Å². The summed E-state index contributed by atoms with van der Waals surface area (Å²) >= 11 is 0. The number of carbonyl (C=O) groups excluding carboxylic acids is 2. The number of rotatable bonds is 4. The number of piperidine rings is 1. The van der Waals surface area contributed by atoms with Crippen LogP contribution in [0.15, 0.2) is 41.1 Å². The molecule has 3 atom stereocenters. The molecule has 142 valence electrons. The number of carbonyl (C=O) groups is 2. The predicted molar refractivity (Wildman–Crippen MR) is 96.8 cm³/mol. The molecule has 2 aromatic rings. The molecular formula is C20H23N3O4. The molecule has 27 heavy (non-hydrogen) atoms. The molecule has 2 aromatic heterocycles. The number of hydrogen-bond donors (Lipinski definition) is 1. The summed E-state index contributed by atoms with van der Waals surface area (Å²) in [6.45, 7) is 3.23. The van der Waals surface area contributed by atoms with E-state index >= 15 is 0 Å². The first kappa shape index (κ1) is 17.7. The Kier molecular flexibility index (Phi) is 4.94. The number of aryl methyl sites for hydroxylation is 1.